The van der Waals surface area contributed by atoms with Gasteiger partial charge < -0.3 is 14.2 Å². The fourth-order valence-electron chi connectivity index (χ4n) is 4.94. The Kier molecular flexibility index (Phi) is 7.64. The van der Waals surface area contributed by atoms with Crippen LogP contribution in [0.5, 0.6) is 0 Å². The number of allylic oxidation sites excluding steroid dienone is 1. The first-order valence-corrected chi connectivity index (χ1v) is 12.4. The summed E-state index contributed by atoms with van der Waals surface area (Å²) < 4.78 is 16.4. The molecule has 0 bridgehead atoms. The summed E-state index contributed by atoms with van der Waals surface area (Å²) in [6.45, 7) is 3.77. The molecule has 6 nitrogen and oxygen atoms in total. The van der Waals surface area contributed by atoms with Crippen LogP contribution >= 0.6 is 23.2 Å². The second-order valence-electron chi connectivity index (χ2n) is 8.72. The Balaban J connectivity index is 1.56. The Morgan fingerprint density at radius 1 is 1.11 bits per heavy atom. The third kappa shape index (κ3) is 4.88. The normalized spacial score (nSPS) is 21.5. The Morgan fingerprint density at radius 2 is 1.86 bits per heavy atom. The number of halogens is 2. The third-order valence-corrected chi connectivity index (χ3v) is 7.59. The summed E-state index contributed by atoms with van der Waals surface area (Å²) in [6.07, 6.45) is 0.797. The fraction of sp³-hybridized carbons (Fsp3) is 0.370. The maximum absolute atomic E-state index is 12.9. The number of carbonyl (C=O) groups excluding carboxylic acids is 3. The highest BCUT2D eigenvalue weighted by Gasteiger charge is 2.53. The van der Waals surface area contributed by atoms with Gasteiger partial charge in [-0.2, -0.15) is 0 Å². The van der Waals surface area contributed by atoms with Crippen LogP contribution in [0, 0.1) is 5.41 Å². The van der Waals surface area contributed by atoms with Gasteiger partial charge in [0.05, 0.1) is 16.1 Å². The zero-order chi connectivity index (χ0) is 25.2. The second-order valence-corrected chi connectivity index (χ2v) is 9.50. The predicted molar refractivity (Wildman–Crippen MR) is 132 cm³/mol. The van der Waals surface area contributed by atoms with Crippen molar-refractivity contribution in [3.05, 3.63) is 75.3 Å². The molecule has 0 saturated carbocycles. The SMILES string of the molecule is CCC(OC1c2ccc(Cl)c(Cl)c2C2=CC(=O)CCC21CC)C(=O)OC(=O)OCc1ccccc1. The van der Waals surface area contributed by atoms with Gasteiger partial charge in [-0.15, -0.1) is 0 Å². The topological polar surface area (TPSA) is 78.9 Å². The molecule has 4 rings (SSSR count). The molecule has 3 atom stereocenters. The highest BCUT2D eigenvalue weighted by Crippen LogP contribution is 2.63. The second kappa shape index (κ2) is 10.5. The Bertz CT molecular complexity index is 1180. The minimum Gasteiger partial charge on any atom is -0.429 e. The van der Waals surface area contributed by atoms with Gasteiger partial charge in [0.2, 0.25) is 0 Å². The molecule has 0 N–H and O–H groups in total. The van der Waals surface area contributed by atoms with Crippen molar-refractivity contribution < 1.29 is 28.6 Å². The van der Waals surface area contributed by atoms with Gasteiger partial charge >= 0.3 is 12.1 Å². The summed E-state index contributed by atoms with van der Waals surface area (Å²) in [5.74, 6) is -0.818. The van der Waals surface area contributed by atoms with Crippen molar-refractivity contribution in [2.24, 2.45) is 5.41 Å². The molecule has 2 aromatic rings. The molecule has 0 amide bonds. The standard InChI is InChI=1S/C27H26Cl2O6/c1-3-21(25(31)35-26(32)33-15-16-8-6-5-7-9-16)34-24-18-10-11-20(28)23(29)22(18)19-14-17(30)12-13-27(19,24)4-2/h5-11,14,21,24H,3-4,12-13,15H2,1-2H3. The number of esters is 1. The average Bonchev–Trinajstić information content (AvgIpc) is 3.13. The summed E-state index contributed by atoms with van der Waals surface area (Å²) in [4.78, 5) is 37.3. The quantitative estimate of drug-likeness (QED) is 0.295. The number of hydrogen-bond acceptors (Lipinski definition) is 6. The number of ketones is 1. The van der Waals surface area contributed by atoms with E-state index in [4.69, 9.17) is 37.4 Å². The largest absolute Gasteiger partial charge is 0.516 e. The number of carbonyl (C=O) groups is 3. The van der Waals surface area contributed by atoms with Gasteiger partial charge in [-0.3, -0.25) is 4.79 Å². The van der Waals surface area contributed by atoms with Crippen LogP contribution in [0.2, 0.25) is 10.0 Å². The van der Waals surface area contributed by atoms with Crippen molar-refractivity contribution in [3.63, 3.8) is 0 Å². The maximum atomic E-state index is 12.9. The number of rotatable bonds is 7. The van der Waals surface area contributed by atoms with E-state index in [0.717, 1.165) is 16.7 Å². The van der Waals surface area contributed by atoms with Crippen molar-refractivity contribution in [2.45, 2.75) is 58.3 Å². The van der Waals surface area contributed by atoms with E-state index in [0.29, 0.717) is 34.9 Å². The highest BCUT2D eigenvalue weighted by molar-refractivity contribution is 6.43. The number of fused-ring (bicyclic) bond motifs is 3. The molecule has 35 heavy (non-hydrogen) atoms. The predicted octanol–water partition coefficient (Wildman–Crippen LogP) is 6.87. The zero-order valence-corrected chi connectivity index (χ0v) is 21.0. The van der Waals surface area contributed by atoms with Crippen molar-refractivity contribution in [2.75, 3.05) is 0 Å². The molecular formula is C27H26Cl2O6. The molecule has 0 saturated heterocycles. The summed E-state index contributed by atoms with van der Waals surface area (Å²) in [5, 5.41) is 0.733. The van der Waals surface area contributed by atoms with Gasteiger partial charge in [0.15, 0.2) is 11.9 Å². The lowest BCUT2D eigenvalue weighted by Gasteiger charge is -2.39. The van der Waals surface area contributed by atoms with Gasteiger partial charge in [-0.05, 0) is 48.1 Å². The van der Waals surface area contributed by atoms with E-state index >= 15 is 0 Å². The molecule has 0 fully saturated rings. The molecule has 2 aliphatic rings. The molecule has 8 heteroatoms. The van der Waals surface area contributed by atoms with Crippen LogP contribution in [0.1, 0.15) is 62.3 Å². The summed E-state index contributed by atoms with van der Waals surface area (Å²) >= 11 is 12.9. The summed E-state index contributed by atoms with van der Waals surface area (Å²) in [5.41, 5.74) is 2.46. The summed E-state index contributed by atoms with van der Waals surface area (Å²) in [7, 11) is 0. The van der Waals surface area contributed by atoms with Gasteiger partial charge in [0.25, 0.3) is 0 Å². The van der Waals surface area contributed by atoms with Crippen LogP contribution in [0.4, 0.5) is 4.79 Å². The minimum absolute atomic E-state index is 0.0129. The molecule has 0 spiro atoms. The molecule has 0 heterocycles. The zero-order valence-electron chi connectivity index (χ0n) is 19.5. The molecule has 0 radical (unpaired) electrons. The third-order valence-electron chi connectivity index (χ3n) is 6.79. The number of ether oxygens (including phenoxy) is 3. The van der Waals surface area contributed by atoms with E-state index < -0.39 is 29.7 Å². The Labute approximate surface area is 214 Å². The van der Waals surface area contributed by atoms with E-state index in [1.165, 1.54) is 0 Å². The first kappa shape index (κ1) is 25.4. The average molecular weight is 517 g/mol. The van der Waals surface area contributed by atoms with Crippen molar-refractivity contribution in [1.29, 1.82) is 0 Å². The monoisotopic (exact) mass is 516 g/mol. The van der Waals surface area contributed by atoms with Gasteiger partial charge in [0, 0.05) is 17.4 Å². The first-order valence-electron chi connectivity index (χ1n) is 11.6. The first-order chi connectivity index (χ1) is 16.8. The lowest BCUT2D eigenvalue weighted by Crippen LogP contribution is -2.36. The van der Waals surface area contributed by atoms with Gasteiger partial charge in [0.1, 0.15) is 6.61 Å². The van der Waals surface area contributed by atoms with Crippen molar-refractivity contribution >= 4 is 46.7 Å². The smallest absolute Gasteiger partial charge is 0.429 e. The van der Waals surface area contributed by atoms with Crippen molar-refractivity contribution in [1.82, 2.24) is 0 Å². The fourth-order valence-corrected chi connectivity index (χ4v) is 5.37. The van der Waals surface area contributed by atoms with Crippen LogP contribution < -0.4 is 0 Å². The number of benzene rings is 2. The van der Waals surface area contributed by atoms with E-state index in [1.54, 1.807) is 31.2 Å². The van der Waals surface area contributed by atoms with Crippen LogP contribution in [0.25, 0.3) is 5.57 Å². The molecule has 3 unspecified atom stereocenters. The molecule has 2 aromatic carbocycles. The van der Waals surface area contributed by atoms with E-state index in [-0.39, 0.29) is 18.8 Å². The highest BCUT2D eigenvalue weighted by atomic mass is 35.5. The Hall–Kier alpha value is -2.67. The van der Waals surface area contributed by atoms with Crippen LogP contribution in [0.15, 0.2) is 48.5 Å². The molecule has 184 valence electrons. The van der Waals surface area contributed by atoms with Gasteiger partial charge in [-0.1, -0.05) is 73.4 Å². The van der Waals surface area contributed by atoms with Crippen molar-refractivity contribution in [3.8, 4) is 0 Å². The molecule has 0 aliphatic heterocycles. The van der Waals surface area contributed by atoms with E-state index in [9.17, 15) is 14.4 Å². The molecule has 0 aromatic heterocycles. The lowest BCUT2D eigenvalue weighted by molar-refractivity contribution is -0.162. The molecule has 2 aliphatic carbocycles. The van der Waals surface area contributed by atoms with Gasteiger partial charge in [-0.25, -0.2) is 9.59 Å². The van der Waals surface area contributed by atoms with E-state index in [1.807, 2.05) is 31.2 Å². The minimum atomic E-state index is -1.09. The van der Waals surface area contributed by atoms with Crippen LogP contribution in [0.3, 0.4) is 0 Å². The van der Waals surface area contributed by atoms with Crippen LogP contribution in [-0.2, 0) is 30.4 Å². The lowest BCUT2D eigenvalue weighted by atomic mass is 9.69. The number of hydrogen-bond donors (Lipinski definition) is 0. The maximum Gasteiger partial charge on any atom is 0.516 e. The van der Waals surface area contributed by atoms with E-state index in [2.05, 4.69) is 0 Å². The Morgan fingerprint density at radius 3 is 2.54 bits per heavy atom. The summed E-state index contributed by atoms with van der Waals surface area (Å²) in [6, 6.07) is 12.6. The van der Waals surface area contributed by atoms with Crippen LogP contribution in [-0.4, -0.2) is 24.0 Å². The molecular weight excluding hydrogens is 491 g/mol.